The SMILES string of the molecule is C=CC(=O)O.C=CC(=O)O.C=CC(=O)O.C=CC(=O)O.C=CC(=O)O.C=CC(=O)O.OC[C@@H](O)[C@@H](O)CO.OC[C@@H](O)[C@@H](O)CO.OC[C@@H](O)[C@@H](O)CO.OC[C@@H](O)[C@@H](O)CO.OC[C@@H](O)[C@@H](O)CO.OC[C@@H](O)[C@@H](O)CO. The van der Waals surface area contributed by atoms with Crippen LogP contribution < -0.4 is 0 Å². The minimum absolute atomic E-state index is 0.526. The van der Waals surface area contributed by atoms with Gasteiger partial charge in [0.15, 0.2) is 0 Å². The van der Waals surface area contributed by atoms with Crippen molar-refractivity contribution in [2.24, 2.45) is 0 Å². The Morgan fingerprint density at radius 2 is 0.244 bits per heavy atom. The lowest BCUT2D eigenvalue weighted by Crippen LogP contribution is -2.31. The van der Waals surface area contributed by atoms with Gasteiger partial charge in [-0.05, 0) is 0 Å². The number of carbonyl (C=O) groups is 6. The molecule has 36 heteroatoms. The molecule has 0 fully saturated rings. The van der Waals surface area contributed by atoms with Gasteiger partial charge < -0.3 is 153 Å². The first-order valence-electron chi connectivity index (χ1n) is 20.5. The summed E-state index contributed by atoms with van der Waals surface area (Å²) in [5.41, 5.74) is 0. The molecular weight excluding hydrogens is 1080 g/mol. The van der Waals surface area contributed by atoms with Crippen LogP contribution in [0.1, 0.15) is 0 Å². The average Bonchev–Trinajstić information content (AvgIpc) is 3.45. The second kappa shape index (κ2) is 80.2. The molecule has 468 valence electrons. The van der Waals surface area contributed by atoms with Crippen molar-refractivity contribution in [2.45, 2.75) is 73.2 Å². The molecular formula is C42H84O36. The number of rotatable bonds is 24. The lowest BCUT2D eigenvalue weighted by atomic mass is 10.2. The Bertz CT molecular complexity index is 1090. The van der Waals surface area contributed by atoms with Crippen LogP contribution in [0.3, 0.4) is 0 Å². The van der Waals surface area contributed by atoms with E-state index in [0.29, 0.717) is 0 Å². The van der Waals surface area contributed by atoms with Gasteiger partial charge in [0.1, 0.15) is 73.2 Å². The Balaban J connectivity index is -0.0000000613. The standard InChI is InChI=1S/6C4H10O4.6C3H4O2/c6*5-1-3(7)4(8)2-6;6*1-2-3(4)5/h6*3-8H,1-2H2;6*2H,1H2,(H,4,5)/t6*3-,4+;;;;;;. The zero-order valence-electron chi connectivity index (χ0n) is 42.0. The van der Waals surface area contributed by atoms with Gasteiger partial charge >= 0.3 is 35.8 Å². The van der Waals surface area contributed by atoms with Crippen LogP contribution in [0.4, 0.5) is 0 Å². The monoisotopic (exact) mass is 1160 g/mol. The predicted molar refractivity (Wildman–Crippen MR) is 264 cm³/mol. The number of carboxylic acid groups (broad SMARTS) is 6. The fourth-order valence-electron chi connectivity index (χ4n) is 1.46. The van der Waals surface area contributed by atoms with Crippen molar-refractivity contribution in [3.05, 3.63) is 75.9 Å². The fourth-order valence-corrected chi connectivity index (χ4v) is 1.46. The minimum atomic E-state index is -1.22. The summed E-state index contributed by atoms with van der Waals surface area (Å²) in [4.78, 5) is 55.5. The van der Waals surface area contributed by atoms with E-state index in [0.717, 1.165) is 36.5 Å². The van der Waals surface area contributed by atoms with Crippen LogP contribution in [0.5, 0.6) is 0 Å². The maximum Gasteiger partial charge on any atom is 0.327 e. The van der Waals surface area contributed by atoms with Gasteiger partial charge in [-0.3, -0.25) is 0 Å². The Morgan fingerprint density at radius 3 is 0.256 bits per heavy atom. The van der Waals surface area contributed by atoms with Gasteiger partial charge in [-0.25, -0.2) is 28.8 Å². The van der Waals surface area contributed by atoms with Crippen molar-refractivity contribution >= 4 is 35.8 Å². The van der Waals surface area contributed by atoms with Crippen LogP contribution in [0.2, 0.25) is 0 Å². The molecule has 0 saturated heterocycles. The normalized spacial score (nSPS) is 13.5. The zero-order chi connectivity index (χ0) is 65.1. The van der Waals surface area contributed by atoms with E-state index in [4.69, 9.17) is 153 Å². The molecule has 0 saturated carbocycles. The summed E-state index contributed by atoms with van der Waals surface area (Å²) in [7, 11) is 0. The molecule has 0 heterocycles. The van der Waals surface area contributed by atoms with Gasteiger partial charge in [-0.2, -0.15) is 0 Å². The summed E-state index contributed by atoms with van der Waals surface area (Å²) < 4.78 is 0. The quantitative estimate of drug-likeness (QED) is 0.0399. The minimum Gasteiger partial charge on any atom is -0.478 e. The molecule has 78 heavy (non-hydrogen) atoms. The summed E-state index contributed by atoms with van der Waals surface area (Å²) in [6, 6.07) is 0. The number of aliphatic carboxylic acids is 6. The highest BCUT2D eigenvalue weighted by atomic mass is 16.4. The molecule has 0 aromatic rings. The molecule has 0 rings (SSSR count). The van der Waals surface area contributed by atoms with Crippen LogP contribution >= 0.6 is 0 Å². The van der Waals surface area contributed by atoms with Gasteiger partial charge in [0.05, 0.1) is 79.3 Å². The van der Waals surface area contributed by atoms with Gasteiger partial charge in [0, 0.05) is 36.5 Å². The first-order valence-corrected chi connectivity index (χ1v) is 20.5. The van der Waals surface area contributed by atoms with Gasteiger partial charge in [-0.15, -0.1) is 0 Å². The molecule has 0 aliphatic carbocycles. The van der Waals surface area contributed by atoms with E-state index >= 15 is 0 Å². The summed E-state index contributed by atoms with van der Waals surface area (Å²) in [5.74, 6) is -5.89. The Hall–Kier alpha value is -5.70. The topological polar surface area (TPSA) is 709 Å². The molecule has 0 bridgehead atoms. The van der Waals surface area contributed by atoms with Crippen molar-refractivity contribution in [3.8, 4) is 0 Å². The van der Waals surface area contributed by atoms with Crippen molar-refractivity contribution in [2.75, 3.05) is 79.3 Å². The highest BCUT2D eigenvalue weighted by molar-refractivity contribution is 5.80. The Labute approximate surface area is 445 Å². The molecule has 30 N–H and O–H groups in total. The molecule has 0 amide bonds. The van der Waals surface area contributed by atoms with Gasteiger partial charge in [0.2, 0.25) is 0 Å². The van der Waals surface area contributed by atoms with E-state index < -0.39 is 188 Å². The van der Waals surface area contributed by atoms with Crippen LogP contribution in [-0.4, -0.2) is 342 Å². The van der Waals surface area contributed by atoms with Crippen molar-refractivity contribution in [1.29, 1.82) is 0 Å². The van der Waals surface area contributed by atoms with E-state index in [1.54, 1.807) is 0 Å². The third kappa shape index (κ3) is 115. The van der Waals surface area contributed by atoms with Crippen LogP contribution in [0.15, 0.2) is 75.9 Å². The molecule has 12 atom stereocenters. The lowest BCUT2D eigenvalue weighted by molar-refractivity contribution is -0.132. The van der Waals surface area contributed by atoms with Crippen LogP contribution in [0, 0.1) is 0 Å². The van der Waals surface area contributed by atoms with Crippen LogP contribution in [-0.2, 0) is 28.8 Å². The third-order valence-corrected chi connectivity index (χ3v) is 5.96. The smallest absolute Gasteiger partial charge is 0.327 e. The highest BCUT2D eigenvalue weighted by Gasteiger charge is 2.15. The lowest BCUT2D eigenvalue weighted by Gasteiger charge is -2.10. The largest absolute Gasteiger partial charge is 0.478 e. The fraction of sp³-hybridized carbons (Fsp3) is 0.571. The second-order valence-corrected chi connectivity index (χ2v) is 12.3. The van der Waals surface area contributed by atoms with E-state index in [2.05, 4.69) is 39.5 Å². The Kier molecular flexibility index (Phi) is 104. The summed E-state index contributed by atoms with van der Waals surface area (Å²) in [5, 5.41) is 245. The van der Waals surface area contributed by atoms with Crippen molar-refractivity contribution in [3.63, 3.8) is 0 Å². The number of aliphatic hydroxyl groups excluding tert-OH is 24. The molecule has 36 nitrogen and oxygen atoms in total. The van der Waals surface area contributed by atoms with E-state index in [-0.39, 0.29) is 0 Å². The number of aliphatic hydroxyl groups is 24. The summed E-state index contributed by atoms with van der Waals surface area (Å²) in [6.07, 6.45) is -9.67. The average molecular weight is 1170 g/mol. The first kappa shape index (κ1) is 101. The maximum absolute atomic E-state index is 9.25. The van der Waals surface area contributed by atoms with Crippen LogP contribution in [0.25, 0.3) is 0 Å². The Morgan fingerprint density at radius 1 is 0.205 bits per heavy atom. The zero-order valence-corrected chi connectivity index (χ0v) is 42.0. The predicted octanol–water partition coefficient (Wildman–Crippen LogP) is -12.3. The molecule has 0 aromatic carbocycles. The highest BCUT2D eigenvalue weighted by Crippen LogP contribution is 1.92. The summed E-state index contributed by atoms with van der Waals surface area (Å²) >= 11 is 0. The molecule has 0 aliphatic heterocycles. The summed E-state index contributed by atoms with van der Waals surface area (Å²) in [6.45, 7) is 11.5. The van der Waals surface area contributed by atoms with Gasteiger partial charge in [0.25, 0.3) is 0 Å². The van der Waals surface area contributed by atoms with Crippen molar-refractivity contribution < 1.29 is 182 Å². The second-order valence-electron chi connectivity index (χ2n) is 12.3. The van der Waals surface area contributed by atoms with Crippen molar-refractivity contribution in [1.82, 2.24) is 0 Å². The van der Waals surface area contributed by atoms with Gasteiger partial charge in [-0.1, -0.05) is 39.5 Å². The van der Waals surface area contributed by atoms with E-state index in [9.17, 15) is 28.8 Å². The maximum atomic E-state index is 9.25. The molecule has 0 aromatic heterocycles. The molecule has 0 radical (unpaired) electrons. The number of carboxylic acids is 6. The number of hydrogen-bond acceptors (Lipinski definition) is 30. The first-order chi connectivity index (χ1) is 35.9. The van der Waals surface area contributed by atoms with E-state index in [1.807, 2.05) is 0 Å². The third-order valence-electron chi connectivity index (χ3n) is 5.96. The molecule has 0 unspecified atom stereocenters. The van der Waals surface area contributed by atoms with E-state index in [1.165, 1.54) is 0 Å². The molecule has 0 spiro atoms. The molecule has 0 aliphatic rings. The number of hydrogen-bond donors (Lipinski definition) is 30.